The van der Waals surface area contributed by atoms with Crippen LogP contribution in [0.5, 0.6) is 11.5 Å². The molecule has 2 heterocycles. The molecule has 0 saturated carbocycles. The molecule has 1 atom stereocenters. The third-order valence-electron chi connectivity index (χ3n) is 5.67. The number of hydrogen-bond acceptors (Lipinski definition) is 4. The maximum atomic E-state index is 13.6. The molecule has 1 N–H and O–H groups in total. The van der Waals surface area contributed by atoms with Gasteiger partial charge in [0.05, 0.1) is 26.0 Å². The number of carbonyl (C=O) groups excluding carboxylic acids is 1. The van der Waals surface area contributed by atoms with E-state index in [9.17, 15) is 9.18 Å². The molecule has 0 aliphatic carbocycles. The van der Waals surface area contributed by atoms with E-state index in [4.69, 9.17) is 9.47 Å². The highest BCUT2D eigenvalue weighted by Gasteiger charge is 2.44. The highest BCUT2D eigenvalue weighted by molar-refractivity contribution is 6.11. The Morgan fingerprint density at radius 3 is 2.34 bits per heavy atom. The monoisotopic (exact) mass is 429 g/mol. The van der Waals surface area contributed by atoms with Crippen molar-refractivity contribution in [2.24, 2.45) is 0 Å². The Morgan fingerprint density at radius 2 is 1.66 bits per heavy atom. The van der Waals surface area contributed by atoms with Gasteiger partial charge in [-0.1, -0.05) is 18.2 Å². The van der Waals surface area contributed by atoms with Crippen LogP contribution < -0.4 is 14.4 Å². The molecule has 1 aromatic heterocycles. The van der Waals surface area contributed by atoms with Gasteiger partial charge in [-0.15, -0.1) is 0 Å². The van der Waals surface area contributed by atoms with Gasteiger partial charge in [-0.05, 0) is 54.6 Å². The van der Waals surface area contributed by atoms with Crippen molar-refractivity contribution in [1.82, 2.24) is 10.2 Å². The van der Waals surface area contributed by atoms with Crippen LogP contribution in [0.3, 0.4) is 0 Å². The summed E-state index contributed by atoms with van der Waals surface area (Å²) in [5, 5.41) is 7.40. The summed E-state index contributed by atoms with van der Waals surface area (Å²) in [6.45, 7) is 0. The summed E-state index contributed by atoms with van der Waals surface area (Å²) in [5.74, 6) is 0.765. The quantitative estimate of drug-likeness (QED) is 0.486. The SMILES string of the molecule is COc1ccc(-c2n[nH]c3c2C(c2ccccc2OC)N(c2ccc(F)cc2)C3=O)cc1. The van der Waals surface area contributed by atoms with E-state index in [1.54, 1.807) is 31.3 Å². The second kappa shape index (κ2) is 7.85. The lowest BCUT2D eigenvalue weighted by molar-refractivity contribution is 0.0988. The number of fused-ring (bicyclic) bond motifs is 1. The fourth-order valence-electron chi connectivity index (χ4n) is 4.17. The van der Waals surface area contributed by atoms with E-state index in [0.717, 1.165) is 22.4 Å². The van der Waals surface area contributed by atoms with Crippen molar-refractivity contribution in [3.8, 4) is 22.8 Å². The second-order valence-electron chi connectivity index (χ2n) is 7.39. The number of nitrogens with one attached hydrogen (secondary N) is 1. The summed E-state index contributed by atoms with van der Waals surface area (Å²) in [7, 11) is 3.21. The van der Waals surface area contributed by atoms with Gasteiger partial charge in [-0.3, -0.25) is 14.8 Å². The summed E-state index contributed by atoms with van der Waals surface area (Å²) in [5.41, 5.74) is 4.04. The Labute approximate surface area is 184 Å². The molecular formula is C25H20FN3O3. The Morgan fingerprint density at radius 1 is 0.938 bits per heavy atom. The molecule has 4 aromatic rings. The predicted octanol–water partition coefficient (Wildman–Crippen LogP) is 4.98. The molecule has 0 spiro atoms. The van der Waals surface area contributed by atoms with Crippen molar-refractivity contribution in [3.63, 3.8) is 0 Å². The topological polar surface area (TPSA) is 67.5 Å². The number of amides is 1. The molecule has 1 amide bonds. The van der Waals surface area contributed by atoms with Crippen LogP contribution in [-0.2, 0) is 0 Å². The minimum atomic E-state index is -0.505. The number of carbonyl (C=O) groups is 1. The average Bonchev–Trinajstić information content (AvgIpc) is 3.39. The third-order valence-corrected chi connectivity index (χ3v) is 5.67. The first-order valence-electron chi connectivity index (χ1n) is 10.1. The first-order chi connectivity index (χ1) is 15.6. The molecule has 3 aromatic carbocycles. The van der Waals surface area contributed by atoms with E-state index in [1.165, 1.54) is 12.1 Å². The molecule has 160 valence electrons. The zero-order valence-corrected chi connectivity index (χ0v) is 17.5. The van der Waals surface area contributed by atoms with Crippen LogP contribution in [0.2, 0.25) is 0 Å². The summed E-state index contributed by atoms with van der Waals surface area (Å²) >= 11 is 0. The summed E-state index contributed by atoms with van der Waals surface area (Å²) in [4.78, 5) is 15.2. The number of rotatable bonds is 5. The van der Waals surface area contributed by atoms with Gasteiger partial charge < -0.3 is 9.47 Å². The van der Waals surface area contributed by atoms with E-state index in [0.29, 0.717) is 22.8 Å². The molecule has 0 radical (unpaired) electrons. The molecule has 0 bridgehead atoms. The molecule has 1 aliphatic rings. The first kappa shape index (κ1) is 19.8. The number of para-hydroxylation sites is 1. The second-order valence-corrected chi connectivity index (χ2v) is 7.39. The number of ether oxygens (including phenoxy) is 2. The summed E-state index contributed by atoms with van der Waals surface area (Å²) < 4.78 is 24.5. The van der Waals surface area contributed by atoms with Crippen LogP contribution in [0.25, 0.3) is 11.3 Å². The zero-order chi connectivity index (χ0) is 22.2. The normalized spacial score (nSPS) is 15.0. The van der Waals surface area contributed by atoms with E-state index in [1.807, 2.05) is 48.5 Å². The van der Waals surface area contributed by atoms with Crippen LogP contribution in [0.1, 0.15) is 27.7 Å². The zero-order valence-electron chi connectivity index (χ0n) is 17.5. The van der Waals surface area contributed by atoms with Gasteiger partial charge >= 0.3 is 0 Å². The number of hydrogen-bond donors (Lipinski definition) is 1. The number of aromatic amines is 1. The average molecular weight is 429 g/mol. The smallest absolute Gasteiger partial charge is 0.277 e. The Balaban J connectivity index is 1.72. The first-order valence-corrected chi connectivity index (χ1v) is 10.1. The molecule has 0 saturated heterocycles. The maximum Gasteiger partial charge on any atom is 0.277 e. The lowest BCUT2D eigenvalue weighted by Crippen LogP contribution is -2.29. The van der Waals surface area contributed by atoms with Crippen LogP contribution in [0, 0.1) is 5.82 Å². The number of nitrogens with zero attached hydrogens (tertiary/aromatic N) is 2. The summed E-state index contributed by atoms with van der Waals surface area (Å²) in [6.07, 6.45) is 0. The van der Waals surface area contributed by atoms with Crippen molar-refractivity contribution in [2.45, 2.75) is 6.04 Å². The van der Waals surface area contributed by atoms with Crippen LogP contribution in [-0.4, -0.2) is 30.3 Å². The van der Waals surface area contributed by atoms with Crippen molar-refractivity contribution < 1.29 is 18.7 Å². The fourth-order valence-corrected chi connectivity index (χ4v) is 4.17. The third kappa shape index (κ3) is 3.10. The molecule has 32 heavy (non-hydrogen) atoms. The van der Waals surface area contributed by atoms with Gasteiger partial charge in [0.2, 0.25) is 0 Å². The van der Waals surface area contributed by atoms with Crippen molar-refractivity contribution in [1.29, 1.82) is 0 Å². The van der Waals surface area contributed by atoms with E-state index < -0.39 is 6.04 Å². The highest BCUT2D eigenvalue weighted by atomic mass is 19.1. The van der Waals surface area contributed by atoms with Gasteiger partial charge in [0, 0.05) is 22.4 Å². The van der Waals surface area contributed by atoms with Gasteiger partial charge in [0.1, 0.15) is 23.0 Å². The molecule has 7 heteroatoms. The molecular weight excluding hydrogens is 409 g/mol. The van der Waals surface area contributed by atoms with Gasteiger partial charge in [0.25, 0.3) is 5.91 Å². The van der Waals surface area contributed by atoms with Gasteiger partial charge in [-0.25, -0.2) is 4.39 Å². The Bertz CT molecular complexity index is 1280. The van der Waals surface area contributed by atoms with Crippen LogP contribution in [0.4, 0.5) is 10.1 Å². The minimum Gasteiger partial charge on any atom is -0.497 e. The number of aromatic nitrogens is 2. The molecule has 5 rings (SSSR count). The predicted molar refractivity (Wildman–Crippen MR) is 119 cm³/mol. The number of methoxy groups -OCH3 is 2. The molecule has 1 unspecified atom stereocenters. The standard InChI is InChI=1S/C25H20FN3O3/c1-31-18-13-7-15(8-14-18)22-21-23(28-27-22)25(30)29(17-11-9-16(26)10-12-17)24(21)19-5-3-4-6-20(19)32-2/h3-14,24H,1-2H3,(H,27,28). The minimum absolute atomic E-state index is 0.241. The number of anilines is 1. The van der Waals surface area contributed by atoms with E-state index in [2.05, 4.69) is 10.2 Å². The molecule has 6 nitrogen and oxygen atoms in total. The highest BCUT2D eigenvalue weighted by Crippen LogP contribution is 2.47. The Kier molecular flexibility index (Phi) is 4.86. The van der Waals surface area contributed by atoms with Crippen LogP contribution in [0.15, 0.2) is 72.8 Å². The molecule has 1 aliphatic heterocycles. The lowest BCUT2D eigenvalue weighted by atomic mass is 9.95. The summed E-state index contributed by atoms with van der Waals surface area (Å²) in [6, 6.07) is 20.4. The van der Waals surface area contributed by atoms with Gasteiger partial charge in [0.15, 0.2) is 0 Å². The van der Waals surface area contributed by atoms with E-state index in [-0.39, 0.29) is 11.7 Å². The number of benzene rings is 3. The van der Waals surface area contributed by atoms with Gasteiger partial charge in [-0.2, -0.15) is 5.10 Å². The Hall–Kier alpha value is -4.13. The molecule has 0 fully saturated rings. The van der Waals surface area contributed by atoms with Crippen molar-refractivity contribution in [2.75, 3.05) is 19.1 Å². The van der Waals surface area contributed by atoms with Crippen molar-refractivity contribution >= 4 is 11.6 Å². The number of halogens is 1. The largest absolute Gasteiger partial charge is 0.497 e. The fraction of sp³-hybridized carbons (Fsp3) is 0.120. The van der Waals surface area contributed by atoms with Crippen molar-refractivity contribution in [3.05, 3.63) is 95.4 Å². The van der Waals surface area contributed by atoms with Crippen LogP contribution >= 0.6 is 0 Å². The maximum absolute atomic E-state index is 13.6. The van der Waals surface area contributed by atoms with E-state index >= 15 is 0 Å². The number of H-pyrrole nitrogens is 1. The lowest BCUT2D eigenvalue weighted by Gasteiger charge is -2.27.